The summed E-state index contributed by atoms with van der Waals surface area (Å²) >= 11 is 0. The Hall–Kier alpha value is -0.950. The van der Waals surface area contributed by atoms with E-state index in [9.17, 15) is 8.42 Å². The van der Waals surface area contributed by atoms with Crippen molar-refractivity contribution in [2.45, 2.75) is 17.9 Å². The van der Waals surface area contributed by atoms with Crippen molar-refractivity contribution in [3.8, 4) is 0 Å². The van der Waals surface area contributed by atoms with E-state index < -0.39 is 9.84 Å². The quantitative estimate of drug-likeness (QED) is 0.745. The van der Waals surface area contributed by atoms with Crippen molar-refractivity contribution in [3.05, 3.63) is 29.8 Å². The molecule has 0 saturated heterocycles. The number of sulfone groups is 1. The number of benzene rings is 1. The Morgan fingerprint density at radius 2 is 1.86 bits per heavy atom. The van der Waals surface area contributed by atoms with E-state index in [-0.39, 0.29) is 6.04 Å². The van der Waals surface area contributed by atoms with Gasteiger partial charge in [-0.05, 0) is 31.7 Å². The summed E-state index contributed by atoms with van der Waals surface area (Å²) in [4.78, 5) is 2.56. The van der Waals surface area contributed by atoms with Gasteiger partial charge in [0.2, 0.25) is 0 Å². The maximum absolute atomic E-state index is 11.4. The van der Waals surface area contributed by atoms with Gasteiger partial charge in [-0.3, -0.25) is 0 Å². The van der Waals surface area contributed by atoms with Crippen LogP contribution < -0.4 is 5.32 Å². The van der Waals surface area contributed by atoms with E-state index in [1.807, 2.05) is 12.1 Å². The summed E-state index contributed by atoms with van der Waals surface area (Å²) in [7, 11) is 0.643. The first-order valence-corrected chi connectivity index (χ1v) is 8.94. The highest BCUT2D eigenvalue weighted by Crippen LogP contribution is 2.15. The normalized spacial score (nSPS) is 13.6. The molecular weight excluding hydrogens is 288 g/mol. The van der Waals surface area contributed by atoms with Gasteiger partial charge in [0.15, 0.2) is 9.84 Å². The van der Waals surface area contributed by atoms with E-state index in [1.165, 1.54) is 6.26 Å². The second kappa shape index (κ2) is 8.48. The van der Waals surface area contributed by atoms with Crippen molar-refractivity contribution in [2.75, 3.05) is 46.7 Å². The predicted octanol–water partition coefficient (Wildman–Crippen LogP) is 1.32. The van der Waals surface area contributed by atoms with Gasteiger partial charge in [0, 0.05) is 39.0 Å². The first kappa shape index (κ1) is 18.1. The third kappa shape index (κ3) is 6.56. The first-order valence-electron chi connectivity index (χ1n) is 7.05. The molecule has 5 nitrogen and oxygen atoms in total. The fourth-order valence-corrected chi connectivity index (χ4v) is 2.58. The van der Waals surface area contributed by atoms with Crippen LogP contribution in [0.15, 0.2) is 29.2 Å². The molecule has 0 heterocycles. The molecule has 0 bridgehead atoms. The van der Waals surface area contributed by atoms with Crippen LogP contribution >= 0.6 is 0 Å². The van der Waals surface area contributed by atoms with Crippen LogP contribution in [-0.2, 0) is 14.6 Å². The van der Waals surface area contributed by atoms with Crippen molar-refractivity contribution in [2.24, 2.45) is 0 Å². The number of methoxy groups -OCH3 is 1. The first-order chi connectivity index (χ1) is 9.84. The van der Waals surface area contributed by atoms with E-state index in [0.29, 0.717) is 4.90 Å². The highest BCUT2D eigenvalue weighted by Gasteiger charge is 2.09. The lowest BCUT2D eigenvalue weighted by molar-refractivity contribution is 0.161. The van der Waals surface area contributed by atoms with Gasteiger partial charge in [0.05, 0.1) is 11.5 Å². The standard InChI is InChI=1S/C15H26N2O3S/c1-13(16-9-10-17(2)11-12-20-3)14-5-7-15(8-6-14)21(4,18)19/h5-8,13,16H,9-12H2,1-4H3. The van der Waals surface area contributed by atoms with Gasteiger partial charge in [0.25, 0.3) is 0 Å². The molecule has 1 atom stereocenters. The van der Waals surface area contributed by atoms with Crippen LogP contribution in [0.25, 0.3) is 0 Å². The molecule has 0 aromatic heterocycles. The average Bonchev–Trinajstić information content (AvgIpc) is 2.44. The number of hydrogen-bond donors (Lipinski definition) is 1. The summed E-state index contributed by atoms with van der Waals surface area (Å²) in [6.45, 7) is 5.53. The summed E-state index contributed by atoms with van der Waals surface area (Å²) in [6, 6.07) is 7.24. The van der Waals surface area contributed by atoms with Crippen molar-refractivity contribution in [1.29, 1.82) is 0 Å². The summed E-state index contributed by atoms with van der Waals surface area (Å²) in [5, 5.41) is 3.43. The molecular formula is C15H26N2O3S. The molecule has 1 N–H and O–H groups in total. The van der Waals surface area contributed by atoms with E-state index >= 15 is 0 Å². The van der Waals surface area contributed by atoms with Crippen molar-refractivity contribution < 1.29 is 13.2 Å². The van der Waals surface area contributed by atoms with Crippen LogP contribution in [0.2, 0.25) is 0 Å². The minimum absolute atomic E-state index is 0.189. The highest BCUT2D eigenvalue weighted by molar-refractivity contribution is 7.90. The minimum atomic E-state index is -3.12. The van der Waals surface area contributed by atoms with Crippen LogP contribution in [0.5, 0.6) is 0 Å². The Balaban J connectivity index is 2.44. The third-order valence-corrected chi connectivity index (χ3v) is 4.56. The topological polar surface area (TPSA) is 58.6 Å². The fraction of sp³-hybridized carbons (Fsp3) is 0.600. The SMILES string of the molecule is COCCN(C)CCNC(C)c1ccc(S(C)(=O)=O)cc1. The molecule has 0 aliphatic heterocycles. The van der Waals surface area contributed by atoms with Crippen molar-refractivity contribution >= 4 is 9.84 Å². The molecule has 0 amide bonds. The third-order valence-electron chi connectivity index (χ3n) is 3.43. The second-order valence-electron chi connectivity index (χ2n) is 5.31. The predicted molar refractivity (Wildman–Crippen MR) is 85.3 cm³/mol. The second-order valence-corrected chi connectivity index (χ2v) is 7.33. The highest BCUT2D eigenvalue weighted by atomic mass is 32.2. The molecule has 0 spiro atoms. The Kier molecular flexibility index (Phi) is 7.31. The molecule has 0 fully saturated rings. The smallest absolute Gasteiger partial charge is 0.175 e. The summed E-state index contributed by atoms with van der Waals surface area (Å²) in [6.07, 6.45) is 1.22. The molecule has 1 aromatic carbocycles. The maximum atomic E-state index is 11.4. The van der Waals surface area contributed by atoms with Gasteiger partial charge < -0.3 is 15.0 Å². The lowest BCUT2D eigenvalue weighted by atomic mass is 10.1. The maximum Gasteiger partial charge on any atom is 0.175 e. The Labute approximate surface area is 128 Å². The molecule has 0 radical (unpaired) electrons. The largest absolute Gasteiger partial charge is 0.383 e. The van der Waals surface area contributed by atoms with Crippen LogP contribution in [0, 0.1) is 0 Å². The molecule has 0 saturated carbocycles. The Morgan fingerprint density at radius 3 is 2.38 bits per heavy atom. The van der Waals surface area contributed by atoms with E-state index in [2.05, 4.69) is 24.2 Å². The molecule has 0 aliphatic rings. The summed E-state index contributed by atoms with van der Waals surface area (Å²) in [5.74, 6) is 0. The van der Waals surface area contributed by atoms with Crippen LogP contribution in [0.1, 0.15) is 18.5 Å². The monoisotopic (exact) mass is 314 g/mol. The molecule has 6 heteroatoms. The summed E-state index contributed by atoms with van der Waals surface area (Å²) in [5.41, 5.74) is 1.09. The van der Waals surface area contributed by atoms with Crippen LogP contribution in [0.4, 0.5) is 0 Å². The van der Waals surface area contributed by atoms with E-state index in [4.69, 9.17) is 4.74 Å². The number of nitrogens with one attached hydrogen (secondary N) is 1. The van der Waals surface area contributed by atoms with Gasteiger partial charge in [-0.2, -0.15) is 0 Å². The molecule has 120 valence electrons. The van der Waals surface area contributed by atoms with Gasteiger partial charge in [-0.15, -0.1) is 0 Å². The summed E-state index contributed by atoms with van der Waals surface area (Å²) < 4.78 is 27.9. The minimum Gasteiger partial charge on any atom is -0.383 e. The average molecular weight is 314 g/mol. The zero-order valence-corrected chi connectivity index (χ0v) is 14.1. The molecule has 21 heavy (non-hydrogen) atoms. The van der Waals surface area contributed by atoms with Gasteiger partial charge in [-0.25, -0.2) is 8.42 Å². The van der Waals surface area contributed by atoms with E-state index in [0.717, 1.165) is 31.8 Å². The Morgan fingerprint density at radius 1 is 1.24 bits per heavy atom. The lowest BCUT2D eigenvalue weighted by Crippen LogP contribution is -2.32. The van der Waals surface area contributed by atoms with Crippen LogP contribution in [0.3, 0.4) is 0 Å². The fourth-order valence-electron chi connectivity index (χ4n) is 1.95. The number of hydrogen-bond acceptors (Lipinski definition) is 5. The molecule has 1 rings (SSSR count). The van der Waals surface area contributed by atoms with Crippen molar-refractivity contribution in [1.82, 2.24) is 10.2 Å². The number of rotatable bonds is 9. The Bertz CT molecular complexity index is 514. The van der Waals surface area contributed by atoms with E-state index in [1.54, 1.807) is 19.2 Å². The lowest BCUT2D eigenvalue weighted by Gasteiger charge is -2.19. The number of likely N-dealkylation sites (N-methyl/N-ethyl adjacent to an activating group) is 1. The van der Waals surface area contributed by atoms with Crippen molar-refractivity contribution in [3.63, 3.8) is 0 Å². The number of ether oxygens (including phenoxy) is 1. The van der Waals surface area contributed by atoms with Gasteiger partial charge >= 0.3 is 0 Å². The van der Waals surface area contributed by atoms with Gasteiger partial charge in [-0.1, -0.05) is 12.1 Å². The molecule has 1 aromatic rings. The van der Waals surface area contributed by atoms with Crippen LogP contribution in [-0.4, -0.2) is 60.0 Å². The number of nitrogens with zero attached hydrogens (tertiary/aromatic N) is 1. The zero-order chi connectivity index (χ0) is 15.9. The van der Waals surface area contributed by atoms with Gasteiger partial charge in [0.1, 0.15) is 0 Å². The molecule has 1 unspecified atom stereocenters. The zero-order valence-electron chi connectivity index (χ0n) is 13.3. The molecule has 0 aliphatic carbocycles.